The first-order chi connectivity index (χ1) is 13.4. The number of fused-ring (bicyclic) bond motifs is 1. The van der Waals surface area contributed by atoms with Gasteiger partial charge in [-0.1, -0.05) is 23.7 Å². The molecule has 0 unspecified atom stereocenters. The Labute approximate surface area is 164 Å². The third-order valence-corrected chi connectivity index (χ3v) is 4.84. The van der Waals surface area contributed by atoms with Crippen LogP contribution in [0.2, 0.25) is 5.02 Å². The third kappa shape index (κ3) is 4.61. The highest BCUT2D eigenvalue weighted by Crippen LogP contribution is 2.41. The van der Waals surface area contributed by atoms with Crippen molar-refractivity contribution in [2.75, 3.05) is 13.1 Å². The fraction of sp³-hybridized carbons (Fsp3) is 0.316. The molecule has 5 nitrogen and oxygen atoms in total. The Balaban J connectivity index is 0.000000176. The van der Waals surface area contributed by atoms with Gasteiger partial charge in [-0.25, -0.2) is 0 Å². The number of nitriles is 1. The summed E-state index contributed by atoms with van der Waals surface area (Å²) >= 11 is 5.70. The number of nitrogens with zero attached hydrogens (tertiary/aromatic N) is 4. The molecule has 1 N–H and O–H groups in total. The van der Waals surface area contributed by atoms with Crippen LogP contribution in [-0.4, -0.2) is 27.7 Å². The summed E-state index contributed by atoms with van der Waals surface area (Å²) in [6.45, 7) is 1.52. The van der Waals surface area contributed by atoms with Crippen LogP contribution in [0.4, 0.5) is 13.2 Å². The highest BCUT2D eigenvalue weighted by molar-refractivity contribution is 6.31. The van der Waals surface area contributed by atoms with E-state index in [-0.39, 0.29) is 10.9 Å². The Morgan fingerprint density at radius 2 is 1.93 bits per heavy atom. The van der Waals surface area contributed by atoms with E-state index in [4.69, 9.17) is 16.9 Å². The zero-order valence-corrected chi connectivity index (χ0v) is 15.5. The number of halogens is 4. The number of pyridine rings is 1. The molecule has 9 heteroatoms. The van der Waals surface area contributed by atoms with Crippen molar-refractivity contribution in [3.8, 4) is 6.07 Å². The Bertz CT molecular complexity index is 987. The number of hydrogen-bond donors (Lipinski definition) is 1. The van der Waals surface area contributed by atoms with E-state index in [1.807, 2.05) is 6.07 Å². The molecule has 0 spiro atoms. The molecule has 1 aliphatic rings. The maximum Gasteiger partial charge on any atom is 0.418 e. The molecular formula is C19H17ClF3N5. The fourth-order valence-corrected chi connectivity index (χ4v) is 3.50. The van der Waals surface area contributed by atoms with Gasteiger partial charge in [-0.05, 0) is 55.6 Å². The number of piperidine rings is 1. The molecule has 3 heterocycles. The summed E-state index contributed by atoms with van der Waals surface area (Å²) in [5.74, 6) is -0.0495. The molecule has 0 atom stereocenters. The molecule has 146 valence electrons. The second-order valence-electron chi connectivity index (χ2n) is 6.35. The van der Waals surface area contributed by atoms with E-state index < -0.39 is 11.7 Å². The summed E-state index contributed by atoms with van der Waals surface area (Å²) < 4.78 is 40.6. The number of rotatable bonds is 1. The van der Waals surface area contributed by atoms with Gasteiger partial charge >= 0.3 is 6.18 Å². The Morgan fingerprint density at radius 1 is 1.18 bits per heavy atom. The van der Waals surface area contributed by atoms with Gasteiger partial charge in [-0.2, -0.15) is 18.4 Å². The van der Waals surface area contributed by atoms with Crippen molar-refractivity contribution in [3.05, 3.63) is 64.6 Å². The van der Waals surface area contributed by atoms with E-state index in [2.05, 4.69) is 15.5 Å². The maximum atomic E-state index is 13.0. The molecule has 0 amide bonds. The van der Waals surface area contributed by atoms with E-state index >= 15 is 0 Å². The molecule has 0 radical (unpaired) electrons. The molecule has 28 heavy (non-hydrogen) atoms. The lowest BCUT2D eigenvalue weighted by Crippen LogP contribution is -2.28. The van der Waals surface area contributed by atoms with Crippen LogP contribution >= 0.6 is 11.6 Å². The van der Waals surface area contributed by atoms with Gasteiger partial charge in [0, 0.05) is 6.20 Å². The summed E-state index contributed by atoms with van der Waals surface area (Å²) in [5, 5.41) is 19.0. The topological polar surface area (TPSA) is 66.0 Å². The Hall–Kier alpha value is -2.63. The van der Waals surface area contributed by atoms with Gasteiger partial charge in [-0.3, -0.25) is 4.40 Å². The zero-order chi connectivity index (χ0) is 20.1. The van der Waals surface area contributed by atoms with Gasteiger partial charge in [0.25, 0.3) is 0 Å². The van der Waals surface area contributed by atoms with Crippen LogP contribution in [-0.2, 0) is 6.18 Å². The standard InChI is InChI=1S/C12H13ClF3N.C7H4N4/c13-10-3-1-2-9(11(10)12(14,15)16)8-4-6-17-7-5-8;8-3-6-1-2-7-10-9-5-11(7)4-6/h1-3,8,17H,4-7H2;1-2,4-5H. The van der Waals surface area contributed by atoms with E-state index in [1.54, 1.807) is 41.2 Å². The summed E-state index contributed by atoms with van der Waals surface area (Å²) in [4.78, 5) is 0. The highest BCUT2D eigenvalue weighted by atomic mass is 35.5. The molecule has 0 bridgehead atoms. The molecule has 2 aromatic heterocycles. The van der Waals surface area contributed by atoms with Gasteiger partial charge in [0.05, 0.1) is 16.1 Å². The smallest absolute Gasteiger partial charge is 0.317 e. The van der Waals surface area contributed by atoms with Crippen molar-refractivity contribution in [2.24, 2.45) is 0 Å². The summed E-state index contributed by atoms with van der Waals surface area (Å²) in [7, 11) is 0. The number of benzene rings is 1. The van der Waals surface area contributed by atoms with Crippen molar-refractivity contribution < 1.29 is 13.2 Å². The van der Waals surface area contributed by atoms with E-state index in [0.717, 1.165) is 31.6 Å². The third-order valence-electron chi connectivity index (χ3n) is 4.53. The molecule has 0 saturated carbocycles. The van der Waals surface area contributed by atoms with Crippen LogP contribution in [0.5, 0.6) is 0 Å². The van der Waals surface area contributed by atoms with Gasteiger partial charge < -0.3 is 5.32 Å². The van der Waals surface area contributed by atoms with Crippen molar-refractivity contribution >= 4 is 17.2 Å². The van der Waals surface area contributed by atoms with Crippen LogP contribution in [0.1, 0.15) is 35.4 Å². The van der Waals surface area contributed by atoms with Crippen LogP contribution in [0, 0.1) is 11.3 Å². The summed E-state index contributed by atoms with van der Waals surface area (Å²) in [6.07, 6.45) is 0.330. The minimum atomic E-state index is -4.38. The summed E-state index contributed by atoms with van der Waals surface area (Å²) in [6, 6.07) is 9.94. The number of aromatic nitrogens is 3. The zero-order valence-electron chi connectivity index (χ0n) is 14.7. The van der Waals surface area contributed by atoms with Crippen LogP contribution < -0.4 is 5.32 Å². The maximum absolute atomic E-state index is 13.0. The first-order valence-electron chi connectivity index (χ1n) is 8.66. The number of hydrogen-bond acceptors (Lipinski definition) is 4. The molecule has 4 rings (SSSR count). The molecule has 3 aromatic rings. The van der Waals surface area contributed by atoms with Crippen molar-refractivity contribution in [3.63, 3.8) is 0 Å². The highest BCUT2D eigenvalue weighted by Gasteiger charge is 2.37. The summed E-state index contributed by atoms with van der Waals surface area (Å²) in [5.41, 5.74) is 1.04. The van der Waals surface area contributed by atoms with Crippen LogP contribution in [0.25, 0.3) is 5.65 Å². The minimum absolute atomic E-state index is 0.0495. The van der Waals surface area contributed by atoms with E-state index in [1.165, 1.54) is 6.07 Å². The van der Waals surface area contributed by atoms with Crippen molar-refractivity contribution in [1.29, 1.82) is 5.26 Å². The lowest BCUT2D eigenvalue weighted by molar-refractivity contribution is -0.138. The first-order valence-corrected chi connectivity index (χ1v) is 9.03. The average Bonchev–Trinajstić information content (AvgIpc) is 3.15. The first kappa shape index (κ1) is 20.1. The molecule has 0 aliphatic carbocycles. The van der Waals surface area contributed by atoms with Crippen LogP contribution in [0.3, 0.4) is 0 Å². The van der Waals surface area contributed by atoms with Gasteiger partial charge in [0.15, 0.2) is 5.65 Å². The van der Waals surface area contributed by atoms with Gasteiger partial charge in [0.2, 0.25) is 0 Å². The van der Waals surface area contributed by atoms with Crippen molar-refractivity contribution in [1.82, 2.24) is 19.9 Å². The Morgan fingerprint density at radius 3 is 2.61 bits per heavy atom. The van der Waals surface area contributed by atoms with Gasteiger partial charge in [-0.15, -0.1) is 10.2 Å². The molecule has 1 fully saturated rings. The number of nitrogens with one attached hydrogen (secondary N) is 1. The molecule has 1 saturated heterocycles. The normalized spacial score (nSPS) is 15.0. The monoisotopic (exact) mass is 407 g/mol. The largest absolute Gasteiger partial charge is 0.418 e. The van der Waals surface area contributed by atoms with Crippen molar-refractivity contribution in [2.45, 2.75) is 24.9 Å². The number of alkyl halides is 3. The van der Waals surface area contributed by atoms with Gasteiger partial charge in [0.1, 0.15) is 12.4 Å². The van der Waals surface area contributed by atoms with E-state index in [0.29, 0.717) is 11.1 Å². The lowest BCUT2D eigenvalue weighted by atomic mass is 9.87. The predicted octanol–water partition coefficient (Wildman–Crippen LogP) is 4.43. The minimum Gasteiger partial charge on any atom is -0.317 e. The average molecular weight is 408 g/mol. The molecular weight excluding hydrogens is 391 g/mol. The van der Waals surface area contributed by atoms with Crippen LogP contribution in [0.15, 0.2) is 42.9 Å². The predicted molar refractivity (Wildman–Crippen MR) is 99.0 cm³/mol. The molecule has 1 aromatic carbocycles. The SMILES string of the molecule is FC(F)(F)c1c(Cl)cccc1C1CCNCC1.N#Cc1ccc2nncn2c1. The Kier molecular flexibility index (Phi) is 6.17. The quantitative estimate of drug-likeness (QED) is 0.648. The second-order valence-corrected chi connectivity index (χ2v) is 6.76. The fourth-order valence-electron chi connectivity index (χ4n) is 3.21. The lowest BCUT2D eigenvalue weighted by Gasteiger charge is -2.26. The molecule has 1 aliphatic heterocycles. The second kappa shape index (κ2) is 8.59. The van der Waals surface area contributed by atoms with E-state index in [9.17, 15) is 13.2 Å².